The van der Waals surface area contributed by atoms with Crippen LogP contribution in [-0.4, -0.2) is 31.4 Å². The van der Waals surface area contributed by atoms with Crippen LogP contribution in [0.25, 0.3) is 0 Å². The van der Waals surface area contributed by atoms with Gasteiger partial charge in [-0.2, -0.15) is 0 Å². The summed E-state index contributed by atoms with van der Waals surface area (Å²) in [5.41, 5.74) is 1.03. The van der Waals surface area contributed by atoms with E-state index in [4.69, 9.17) is 14.2 Å². The predicted octanol–water partition coefficient (Wildman–Crippen LogP) is 4.72. The summed E-state index contributed by atoms with van der Waals surface area (Å²) < 4.78 is 16.3. The smallest absolute Gasteiger partial charge is 0.343 e. The molecule has 0 N–H and O–H groups in total. The van der Waals surface area contributed by atoms with Crippen molar-refractivity contribution >= 4 is 33.7 Å². The quantitative estimate of drug-likeness (QED) is 0.283. The van der Waals surface area contributed by atoms with Gasteiger partial charge in [-0.1, -0.05) is 22.0 Å². The molecule has 3 aromatic rings. The Hall–Kier alpha value is -3.45. The molecule has 3 rings (SSSR count). The van der Waals surface area contributed by atoms with E-state index in [-0.39, 0.29) is 11.3 Å². The first kappa shape index (κ1) is 21.3. The topological polar surface area (TPSA) is 78.9 Å². The Kier molecular flexibility index (Phi) is 6.98. The third-order valence-electron chi connectivity index (χ3n) is 4.11. The van der Waals surface area contributed by atoms with Crippen LogP contribution in [0.3, 0.4) is 0 Å². The number of esters is 2. The van der Waals surface area contributed by atoms with Crippen molar-refractivity contribution in [3.05, 3.63) is 94.0 Å². The van der Waals surface area contributed by atoms with Crippen LogP contribution in [0, 0.1) is 0 Å². The van der Waals surface area contributed by atoms with E-state index in [1.54, 1.807) is 42.5 Å². The number of halogens is 1. The molecule has 0 aliphatic rings. The first-order valence-corrected chi connectivity index (χ1v) is 9.68. The van der Waals surface area contributed by atoms with Gasteiger partial charge in [-0.05, 0) is 66.7 Å². The second-order valence-electron chi connectivity index (χ2n) is 6.15. The predicted molar refractivity (Wildman–Crippen MR) is 113 cm³/mol. The zero-order valence-electron chi connectivity index (χ0n) is 16.0. The first-order chi connectivity index (χ1) is 14.5. The fourth-order valence-electron chi connectivity index (χ4n) is 2.51. The van der Waals surface area contributed by atoms with Crippen molar-refractivity contribution in [2.24, 2.45) is 0 Å². The maximum atomic E-state index is 12.3. The number of hydrogen-bond donors (Lipinski definition) is 0. The molecule has 0 saturated heterocycles. The number of hydrogen-bond acceptors (Lipinski definition) is 6. The normalized spacial score (nSPS) is 10.2. The lowest BCUT2D eigenvalue weighted by atomic mass is 10.1. The molecular formula is C23H17BrO6. The van der Waals surface area contributed by atoms with Crippen LogP contribution in [0.4, 0.5) is 0 Å². The van der Waals surface area contributed by atoms with Gasteiger partial charge in [0.05, 0.1) is 18.2 Å². The van der Waals surface area contributed by atoms with Crippen LogP contribution in [-0.2, 0) is 4.74 Å². The molecule has 152 valence electrons. The fourth-order valence-corrected chi connectivity index (χ4v) is 2.77. The van der Waals surface area contributed by atoms with Crippen LogP contribution in [0.5, 0.6) is 11.5 Å². The molecule has 6 nitrogen and oxygen atoms in total. The van der Waals surface area contributed by atoms with E-state index in [9.17, 15) is 14.4 Å². The van der Waals surface area contributed by atoms with Crippen LogP contribution in [0.15, 0.2) is 77.3 Å². The molecule has 0 amide bonds. The molecule has 0 spiro atoms. The molecular weight excluding hydrogens is 452 g/mol. The Labute approximate surface area is 181 Å². The lowest BCUT2D eigenvalue weighted by Gasteiger charge is -2.07. The first-order valence-electron chi connectivity index (χ1n) is 8.88. The van der Waals surface area contributed by atoms with E-state index >= 15 is 0 Å². The minimum absolute atomic E-state index is 0.289. The summed E-state index contributed by atoms with van der Waals surface area (Å²) in [7, 11) is 1.49. The van der Waals surface area contributed by atoms with Gasteiger partial charge in [-0.25, -0.2) is 9.59 Å². The van der Waals surface area contributed by atoms with Gasteiger partial charge in [-0.15, -0.1) is 0 Å². The van der Waals surface area contributed by atoms with Gasteiger partial charge >= 0.3 is 11.9 Å². The molecule has 0 heterocycles. The highest BCUT2D eigenvalue weighted by atomic mass is 79.9. The minimum atomic E-state index is -0.623. The lowest BCUT2D eigenvalue weighted by Crippen LogP contribution is -2.14. The summed E-state index contributed by atoms with van der Waals surface area (Å²) >= 11 is 3.30. The zero-order valence-corrected chi connectivity index (χ0v) is 17.5. The van der Waals surface area contributed by atoms with Crippen molar-refractivity contribution in [2.45, 2.75) is 0 Å². The van der Waals surface area contributed by atoms with Crippen LogP contribution in [0.1, 0.15) is 31.1 Å². The average Bonchev–Trinajstić information content (AvgIpc) is 2.78. The van der Waals surface area contributed by atoms with Crippen LogP contribution in [0.2, 0.25) is 0 Å². The van der Waals surface area contributed by atoms with Gasteiger partial charge in [0.1, 0.15) is 11.5 Å². The van der Waals surface area contributed by atoms with Crippen molar-refractivity contribution in [2.75, 3.05) is 13.7 Å². The summed E-state index contributed by atoms with van der Waals surface area (Å²) in [5.74, 6) is -0.690. The van der Waals surface area contributed by atoms with E-state index in [2.05, 4.69) is 15.9 Å². The number of carbonyl (C=O) groups is 3. The molecule has 0 aliphatic heterocycles. The van der Waals surface area contributed by atoms with E-state index in [1.165, 1.54) is 37.4 Å². The van der Waals surface area contributed by atoms with Crippen LogP contribution >= 0.6 is 15.9 Å². The third kappa shape index (κ3) is 5.55. The number of methoxy groups -OCH3 is 1. The second-order valence-corrected chi connectivity index (χ2v) is 7.07. The van der Waals surface area contributed by atoms with Gasteiger partial charge in [0.15, 0.2) is 12.4 Å². The number of ether oxygens (including phenoxy) is 3. The zero-order chi connectivity index (χ0) is 21.5. The number of Topliss-reactive ketones (excluding diaryl/α,β-unsaturated/α-hetero) is 1. The highest BCUT2D eigenvalue weighted by molar-refractivity contribution is 9.10. The van der Waals surface area contributed by atoms with Gasteiger partial charge < -0.3 is 14.2 Å². The molecule has 3 aromatic carbocycles. The summed E-state index contributed by atoms with van der Waals surface area (Å²) in [5, 5.41) is 0. The van der Waals surface area contributed by atoms with Gasteiger partial charge in [0, 0.05) is 10.0 Å². The lowest BCUT2D eigenvalue weighted by molar-refractivity contribution is 0.0474. The SMILES string of the molecule is COc1cccc(C(=O)OCC(=O)c2ccc(OC(=O)c3ccc(Br)cc3)cc2)c1. The van der Waals surface area contributed by atoms with Crippen molar-refractivity contribution in [1.82, 2.24) is 0 Å². The standard InChI is InChI=1S/C23H17BrO6/c1-28-20-4-2-3-17(13-20)22(26)29-14-21(25)15-7-11-19(12-8-15)30-23(27)16-5-9-18(24)10-6-16/h2-13H,14H2,1H3. The molecule has 0 atom stereocenters. The summed E-state index contributed by atoms with van der Waals surface area (Å²) in [4.78, 5) is 36.5. The molecule has 0 unspecified atom stereocenters. The van der Waals surface area contributed by atoms with Crippen molar-refractivity contribution in [1.29, 1.82) is 0 Å². The molecule has 7 heteroatoms. The van der Waals surface area contributed by atoms with E-state index in [0.717, 1.165) is 4.47 Å². The molecule has 30 heavy (non-hydrogen) atoms. The fraction of sp³-hybridized carbons (Fsp3) is 0.0870. The number of rotatable bonds is 7. The molecule has 0 bridgehead atoms. The summed E-state index contributed by atoms with van der Waals surface area (Å²) in [6, 6.07) is 19.3. The monoisotopic (exact) mass is 468 g/mol. The van der Waals surface area contributed by atoms with Crippen LogP contribution < -0.4 is 9.47 Å². The third-order valence-corrected chi connectivity index (χ3v) is 4.64. The summed E-state index contributed by atoms with van der Waals surface area (Å²) in [6.45, 7) is -0.409. The molecule has 0 fully saturated rings. The molecule has 0 saturated carbocycles. The second kappa shape index (κ2) is 9.84. The Bertz CT molecular complexity index is 1060. The van der Waals surface area contributed by atoms with E-state index in [1.807, 2.05) is 0 Å². The average molecular weight is 469 g/mol. The molecule has 0 aliphatic carbocycles. The Morgan fingerprint density at radius 1 is 0.767 bits per heavy atom. The minimum Gasteiger partial charge on any atom is -0.497 e. The van der Waals surface area contributed by atoms with Crippen molar-refractivity contribution in [3.8, 4) is 11.5 Å². The van der Waals surface area contributed by atoms with Gasteiger partial charge in [0.2, 0.25) is 0 Å². The summed E-state index contributed by atoms with van der Waals surface area (Å²) in [6.07, 6.45) is 0. The van der Waals surface area contributed by atoms with Crippen molar-refractivity contribution in [3.63, 3.8) is 0 Å². The number of ketones is 1. The van der Waals surface area contributed by atoms with Gasteiger partial charge in [-0.3, -0.25) is 4.79 Å². The Balaban J connectivity index is 1.56. The Morgan fingerprint density at radius 2 is 1.43 bits per heavy atom. The number of benzene rings is 3. The maximum absolute atomic E-state index is 12.3. The number of carbonyl (C=O) groups excluding carboxylic acids is 3. The molecule has 0 aromatic heterocycles. The largest absolute Gasteiger partial charge is 0.497 e. The highest BCUT2D eigenvalue weighted by Gasteiger charge is 2.14. The highest BCUT2D eigenvalue weighted by Crippen LogP contribution is 2.17. The Morgan fingerprint density at radius 3 is 2.10 bits per heavy atom. The van der Waals surface area contributed by atoms with E-state index in [0.29, 0.717) is 22.6 Å². The molecule has 0 radical (unpaired) electrons. The van der Waals surface area contributed by atoms with E-state index < -0.39 is 18.5 Å². The maximum Gasteiger partial charge on any atom is 0.343 e. The van der Waals surface area contributed by atoms with Gasteiger partial charge in [0.25, 0.3) is 0 Å². The van der Waals surface area contributed by atoms with Crippen molar-refractivity contribution < 1.29 is 28.6 Å².